The number of esters is 1. The van der Waals surface area contributed by atoms with Crippen molar-refractivity contribution >= 4 is 23.3 Å². The van der Waals surface area contributed by atoms with Crippen molar-refractivity contribution in [1.82, 2.24) is 0 Å². The normalized spacial score (nSPS) is 22.1. The van der Waals surface area contributed by atoms with Gasteiger partial charge in [0.2, 0.25) is 0 Å². The van der Waals surface area contributed by atoms with Gasteiger partial charge in [0.15, 0.2) is 5.60 Å². The van der Waals surface area contributed by atoms with Crippen molar-refractivity contribution in [3.63, 3.8) is 0 Å². The molecule has 0 bridgehead atoms. The number of carbonyl (C=O) groups is 1. The summed E-state index contributed by atoms with van der Waals surface area (Å²) in [6.07, 6.45) is 5.22. The molecule has 0 N–H and O–H groups in total. The molecule has 0 radical (unpaired) electrons. The van der Waals surface area contributed by atoms with Crippen molar-refractivity contribution in [1.29, 1.82) is 0 Å². The summed E-state index contributed by atoms with van der Waals surface area (Å²) in [7, 11) is 0. The van der Waals surface area contributed by atoms with Crippen LogP contribution < -0.4 is 0 Å². The summed E-state index contributed by atoms with van der Waals surface area (Å²) in [6.45, 7) is 7.36. The molecule has 104 valence electrons. The fraction of sp³-hybridized carbons (Fsp3) is 0.571. The highest BCUT2D eigenvalue weighted by molar-refractivity contribution is 7.78. The summed E-state index contributed by atoms with van der Waals surface area (Å²) >= 11 is 4.59. The molecule has 0 aliphatic heterocycles. The Morgan fingerprint density at radius 3 is 2.63 bits per heavy atom. The summed E-state index contributed by atoms with van der Waals surface area (Å²) in [5, 5.41) is 2.31. The van der Waals surface area contributed by atoms with Crippen molar-refractivity contribution in [3.8, 4) is 0 Å². The lowest BCUT2D eigenvalue weighted by molar-refractivity contribution is -0.174. The molecule has 5 heteroatoms. The van der Waals surface area contributed by atoms with Crippen LogP contribution in [0.1, 0.15) is 34.1 Å². The molecule has 1 aliphatic carbocycles. The van der Waals surface area contributed by atoms with Crippen LogP contribution in [-0.2, 0) is 14.3 Å². The number of thiocarbonyl (C=S) groups is 1. The first-order chi connectivity index (χ1) is 8.89. The molecule has 1 rings (SSSR count). The van der Waals surface area contributed by atoms with Crippen LogP contribution in [0.15, 0.2) is 28.9 Å². The van der Waals surface area contributed by atoms with Gasteiger partial charge in [-0.2, -0.15) is 4.99 Å². The fourth-order valence-corrected chi connectivity index (χ4v) is 1.96. The molecule has 1 atom stereocenters. The number of isothiocyanates is 1. The minimum atomic E-state index is -1.13. The Bertz CT molecular complexity index is 448. The quantitative estimate of drug-likeness (QED) is 0.441. The van der Waals surface area contributed by atoms with Gasteiger partial charge >= 0.3 is 5.97 Å². The molecule has 0 saturated carbocycles. The predicted molar refractivity (Wildman–Crippen MR) is 77.0 cm³/mol. The van der Waals surface area contributed by atoms with E-state index in [4.69, 9.17) is 9.47 Å². The van der Waals surface area contributed by atoms with Gasteiger partial charge < -0.3 is 9.47 Å². The average molecular weight is 281 g/mol. The topological polar surface area (TPSA) is 47.9 Å². The second-order valence-electron chi connectivity index (χ2n) is 4.91. The average Bonchev–Trinajstić information content (AvgIpc) is 2.27. The Hall–Kier alpha value is -1.29. The van der Waals surface area contributed by atoms with E-state index in [1.54, 1.807) is 32.1 Å². The first kappa shape index (κ1) is 15.8. The number of hydrogen-bond acceptors (Lipinski definition) is 5. The Labute approximate surface area is 119 Å². The smallest absolute Gasteiger partial charge is 0.343 e. The third-order valence-electron chi connectivity index (χ3n) is 2.42. The Balaban J connectivity index is 3.02. The van der Waals surface area contributed by atoms with Crippen molar-refractivity contribution in [2.24, 2.45) is 4.99 Å². The number of rotatable bonds is 5. The van der Waals surface area contributed by atoms with E-state index in [2.05, 4.69) is 22.4 Å². The van der Waals surface area contributed by atoms with Crippen molar-refractivity contribution in [3.05, 3.63) is 23.9 Å². The summed E-state index contributed by atoms with van der Waals surface area (Å²) in [5.74, 6) is -0.405. The van der Waals surface area contributed by atoms with Gasteiger partial charge in [0, 0.05) is 6.42 Å². The SMILES string of the molecule is CC(C)OC(=O)C1(OC(C)C)C=CC=C(N=C=S)C1. The van der Waals surface area contributed by atoms with Gasteiger partial charge in [-0.3, -0.25) is 0 Å². The van der Waals surface area contributed by atoms with Gasteiger partial charge in [0.25, 0.3) is 0 Å². The van der Waals surface area contributed by atoms with Gasteiger partial charge in [-0.1, -0.05) is 6.08 Å². The second kappa shape index (κ2) is 6.75. The molecular formula is C14H19NO3S. The monoisotopic (exact) mass is 281 g/mol. The maximum atomic E-state index is 12.3. The highest BCUT2D eigenvalue weighted by Crippen LogP contribution is 2.30. The van der Waals surface area contributed by atoms with Gasteiger partial charge in [-0.05, 0) is 52.1 Å². The van der Waals surface area contributed by atoms with E-state index in [1.807, 2.05) is 13.8 Å². The molecule has 0 fully saturated rings. The van der Waals surface area contributed by atoms with Crippen molar-refractivity contribution < 1.29 is 14.3 Å². The Morgan fingerprint density at radius 2 is 2.11 bits per heavy atom. The van der Waals surface area contributed by atoms with E-state index in [0.29, 0.717) is 12.1 Å². The molecule has 0 saturated heterocycles. The highest BCUT2D eigenvalue weighted by atomic mass is 32.1. The summed E-state index contributed by atoms with van der Waals surface area (Å²) in [5.41, 5.74) is -0.475. The van der Waals surface area contributed by atoms with Crippen LogP contribution in [0.5, 0.6) is 0 Å². The molecule has 4 nitrogen and oxygen atoms in total. The lowest BCUT2D eigenvalue weighted by Crippen LogP contribution is -2.45. The lowest BCUT2D eigenvalue weighted by atomic mass is 9.92. The molecule has 0 heterocycles. The zero-order valence-corrected chi connectivity index (χ0v) is 12.5. The number of nitrogens with zero attached hydrogens (tertiary/aromatic N) is 1. The molecule has 0 aromatic carbocycles. The van der Waals surface area contributed by atoms with E-state index in [-0.39, 0.29) is 12.2 Å². The third-order valence-corrected chi connectivity index (χ3v) is 2.51. The van der Waals surface area contributed by atoms with Crippen LogP contribution in [-0.4, -0.2) is 28.9 Å². The number of ether oxygens (including phenoxy) is 2. The lowest BCUT2D eigenvalue weighted by Gasteiger charge is -2.32. The molecule has 0 aromatic rings. The van der Waals surface area contributed by atoms with E-state index in [1.165, 1.54) is 0 Å². The number of allylic oxidation sites excluding steroid dienone is 2. The van der Waals surface area contributed by atoms with E-state index < -0.39 is 11.6 Å². The number of carbonyl (C=O) groups excluding carboxylic acids is 1. The fourth-order valence-electron chi connectivity index (χ4n) is 1.84. The van der Waals surface area contributed by atoms with Crippen LogP contribution in [0, 0.1) is 0 Å². The molecule has 0 spiro atoms. The summed E-state index contributed by atoms with van der Waals surface area (Å²) in [4.78, 5) is 16.2. The van der Waals surface area contributed by atoms with Crippen LogP contribution in [0.4, 0.5) is 0 Å². The van der Waals surface area contributed by atoms with Crippen molar-refractivity contribution in [2.45, 2.75) is 51.9 Å². The van der Waals surface area contributed by atoms with Gasteiger partial charge in [-0.15, -0.1) is 0 Å². The second-order valence-corrected chi connectivity index (χ2v) is 5.09. The summed E-state index contributed by atoms with van der Waals surface area (Å²) < 4.78 is 11.1. The standard InChI is InChI=1S/C14H19NO3S/c1-10(2)17-13(16)14(18-11(3)4)7-5-6-12(8-14)15-9-19/h5-7,10-11H,8H2,1-4H3. The Morgan fingerprint density at radius 1 is 1.42 bits per heavy atom. The molecule has 1 aliphatic rings. The first-order valence-electron chi connectivity index (χ1n) is 6.25. The minimum Gasteiger partial charge on any atom is -0.461 e. The minimum absolute atomic E-state index is 0.111. The van der Waals surface area contributed by atoms with Crippen molar-refractivity contribution in [2.75, 3.05) is 0 Å². The maximum Gasteiger partial charge on any atom is 0.343 e. The van der Waals surface area contributed by atoms with Gasteiger partial charge in [0.05, 0.1) is 23.1 Å². The van der Waals surface area contributed by atoms with Crippen LogP contribution >= 0.6 is 12.2 Å². The third kappa shape index (κ3) is 4.39. The molecule has 0 amide bonds. The number of aliphatic imine (C=N–C) groups is 1. The first-order valence-corrected chi connectivity index (χ1v) is 6.65. The van der Waals surface area contributed by atoms with E-state index in [9.17, 15) is 4.79 Å². The molecule has 1 unspecified atom stereocenters. The molecule has 19 heavy (non-hydrogen) atoms. The zero-order valence-electron chi connectivity index (χ0n) is 11.7. The predicted octanol–water partition coefficient (Wildman–Crippen LogP) is 3.05. The van der Waals surface area contributed by atoms with Crippen LogP contribution in [0.3, 0.4) is 0 Å². The van der Waals surface area contributed by atoms with E-state index >= 15 is 0 Å². The van der Waals surface area contributed by atoms with Gasteiger partial charge in [0.1, 0.15) is 0 Å². The molecular weight excluding hydrogens is 262 g/mol. The summed E-state index contributed by atoms with van der Waals surface area (Å²) in [6, 6.07) is 0. The largest absolute Gasteiger partial charge is 0.461 e. The number of hydrogen-bond donors (Lipinski definition) is 0. The van der Waals surface area contributed by atoms with Crippen LogP contribution in [0.25, 0.3) is 0 Å². The van der Waals surface area contributed by atoms with Crippen LogP contribution in [0.2, 0.25) is 0 Å². The molecule has 0 aromatic heterocycles. The van der Waals surface area contributed by atoms with Gasteiger partial charge in [-0.25, -0.2) is 4.79 Å². The zero-order chi connectivity index (χ0) is 14.5. The van der Waals surface area contributed by atoms with E-state index in [0.717, 1.165) is 0 Å². The Kier molecular flexibility index (Phi) is 5.60. The highest BCUT2D eigenvalue weighted by Gasteiger charge is 2.42. The maximum absolute atomic E-state index is 12.3.